The van der Waals surface area contributed by atoms with Gasteiger partial charge in [0.1, 0.15) is 0 Å². The van der Waals surface area contributed by atoms with Crippen LogP contribution in [0, 0.1) is 0 Å². The third-order valence-electron chi connectivity index (χ3n) is 5.08. The lowest BCUT2D eigenvalue weighted by Crippen LogP contribution is -2.41. The fourth-order valence-corrected chi connectivity index (χ4v) is 3.71. The van der Waals surface area contributed by atoms with E-state index in [4.69, 9.17) is 9.47 Å². The monoisotopic (exact) mass is 387 g/mol. The average molecular weight is 387 g/mol. The first-order valence-corrected chi connectivity index (χ1v) is 9.16. The molecule has 0 aliphatic carbocycles. The number of fused-ring (bicyclic) bond motifs is 1. The summed E-state index contributed by atoms with van der Waals surface area (Å²) >= 11 is 0. The third-order valence-corrected chi connectivity index (χ3v) is 5.08. The number of ether oxygens (including phenoxy) is 2. The second-order valence-corrected chi connectivity index (χ2v) is 6.88. The number of carbonyl (C=O) groups is 2. The summed E-state index contributed by atoms with van der Waals surface area (Å²) in [6.07, 6.45) is 4.99. The van der Waals surface area contributed by atoms with Gasteiger partial charge in [0.2, 0.25) is 5.91 Å². The first kappa shape index (κ1) is 19.7. The van der Waals surface area contributed by atoms with Crippen LogP contribution in [0.1, 0.15) is 35.6 Å². The molecular formula is C20H25N3O5. The molecule has 1 atom stereocenters. The summed E-state index contributed by atoms with van der Waals surface area (Å²) in [7, 11) is 4.93. The number of amides is 1. The molecule has 1 aliphatic heterocycles. The van der Waals surface area contributed by atoms with Crippen LogP contribution in [0.15, 0.2) is 24.5 Å². The van der Waals surface area contributed by atoms with Crippen LogP contribution < -0.4 is 9.47 Å². The van der Waals surface area contributed by atoms with Crippen molar-refractivity contribution in [1.29, 1.82) is 0 Å². The molecule has 1 amide bonds. The van der Waals surface area contributed by atoms with E-state index in [2.05, 4.69) is 5.10 Å². The van der Waals surface area contributed by atoms with Gasteiger partial charge in [0.25, 0.3) is 0 Å². The van der Waals surface area contributed by atoms with Crippen LogP contribution in [0.3, 0.4) is 0 Å². The van der Waals surface area contributed by atoms with Gasteiger partial charge in [-0.3, -0.25) is 14.3 Å². The van der Waals surface area contributed by atoms with Crippen LogP contribution >= 0.6 is 0 Å². The predicted molar refractivity (Wildman–Crippen MR) is 101 cm³/mol. The quantitative estimate of drug-likeness (QED) is 0.781. The lowest BCUT2D eigenvalue weighted by Gasteiger charge is -2.37. The minimum atomic E-state index is -0.947. The number of carbonyl (C=O) groups excluding carboxylic acids is 1. The Labute approximate surface area is 163 Å². The highest BCUT2D eigenvalue weighted by molar-refractivity contribution is 5.79. The first-order valence-electron chi connectivity index (χ1n) is 9.16. The fourth-order valence-electron chi connectivity index (χ4n) is 3.71. The van der Waals surface area contributed by atoms with Gasteiger partial charge in [0.05, 0.1) is 32.9 Å². The number of methoxy groups -OCH3 is 2. The highest BCUT2D eigenvalue weighted by Gasteiger charge is 2.33. The number of aromatic nitrogens is 2. The normalized spacial score (nSPS) is 15.8. The van der Waals surface area contributed by atoms with E-state index in [0.717, 1.165) is 16.7 Å². The molecule has 0 saturated heterocycles. The van der Waals surface area contributed by atoms with Crippen molar-refractivity contribution in [2.45, 2.75) is 31.7 Å². The lowest BCUT2D eigenvalue weighted by atomic mass is 9.89. The molecule has 0 spiro atoms. The lowest BCUT2D eigenvalue weighted by molar-refractivity contribution is -0.141. The Morgan fingerprint density at radius 1 is 1.25 bits per heavy atom. The molecule has 1 aromatic heterocycles. The molecule has 0 bridgehead atoms. The number of carboxylic acid groups (broad SMARTS) is 1. The predicted octanol–water partition coefficient (Wildman–Crippen LogP) is 1.97. The first-order chi connectivity index (χ1) is 13.4. The van der Waals surface area contributed by atoms with Crippen molar-refractivity contribution in [3.63, 3.8) is 0 Å². The summed E-state index contributed by atoms with van der Waals surface area (Å²) in [5.74, 6) is 0.126. The molecule has 28 heavy (non-hydrogen) atoms. The number of nitrogens with zero attached hydrogens (tertiary/aromatic N) is 3. The number of aryl methyl sites for hydroxylation is 2. The zero-order valence-electron chi connectivity index (χ0n) is 16.3. The van der Waals surface area contributed by atoms with Crippen LogP contribution in [0.25, 0.3) is 0 Å². The molecule has 8 nitrogen and oxygen atoms in total. The van der Waals surface area contributed by atoms with E-state index in [0.29, 0.717) is 37.3 Å². The maximum atomic E-state index is 12.9. The van der Waals surface area contributed by atoms with Crippen LogP contribution in [-0.4, -0.2) is 52.4 Å². The molecule has 2 heterocycles. The third kappa shape index (κ3) is 4.11. The Morgan fingerprint density at radius 3 is 2.57 bits per heavy atom. The molecule has 3 rings (SSSR count). The Hall–Kier alpha value is -3.03. The van der Waals surface area contributed by atoms with Crippen molar-refractivity contribution < 1.29 is 24.2 Å². The summed E-state index contributed by atoms with van der Waals surface area (Å²) in [6.45, 7) is 0.478. The van der Waals surface area contributed by atoms with Crippen molar-refractivity contribution in [1.82, 2.24) is 14.7 Å². The Kier molecular flexibility index (Phi) is 5.87. The number of benzene rings is 1. The van der Waals surface area contributed by atoms with E-state index in [1.165, 1.54) is 7.11 Å². The fraction of sp³-hybridized carbons (Fsp3) is 0.450. The smallest absolute Gasteiger partial charge is 0.305 e. The Bertz CT molecular complexity index is 877. The number of hydrogen-bond acceptors (Lipinski definition) is 5. The van der Waals surface area contributed by atoms with Gasteiger partial charge in [-0.25, -0.2) is 0 Å². The maximum absolute atomic E-state index is 12.9. The molecule has 0 fully saturated rings. The van der Waals surface area contributed by atoms with E-state index < -0.39 is 12.0 Å². The molecule has 2 aromatic rings. The molecule has 0 saturated carbocycles. The van der Waals surface area contributed by atoms with Gasteiger partial charge in [-0.2, -0.15) is 5.10 Å². The van der Waals surface area contributed by atoms with Gasteiger partial charge in [0.15, 0.2) is 11.5 Å². The largest absolute Gasteiger partial charge is 0.493 e. The van der Waals surface area contributed by atoms with Crippen molar-refractivity contribution in [2.75, 3.05) is 20.8 Å². The summed E-state index contributed by atoms with van der Waals surface area (Å²) in [4.78, 5) is 26.1. The summed E-state index contributed by atoms with van der Waals surface area (Å²) in [6, 6.07) is 3.14. The highest BCUT2D eigenvalue weighted by Crippen LogP contribution is 2.39. The van der Waals surface area contributed by atoms with Gasteiger partial charge in [0, 0.05) is 26.2 Å². The van der Waals surface area contributed by atoms with E-state index in [9.17, 15) is 14.7 Å². The van der Waals surface area contributed by atoms with E-state index in [1.807, 2.05) is 19.3 Å². The maximum Gasteiger partial charge on any atom is 0.305 e. The van der Waals surface area contributed by atoms with E-state index in [1.54, 1.807) is 29.0 Å². The van der Waals surface area contributed by atoms with Crippen LogP contribution in [0.4, 0.5) is 0 Å². The molecule has 1 unspecified atom stereocenters. The Morgan fingerprint density at radius 2 is 1.96 bits per heavy atom. The zero-order valence-corrected chi connectivity index (χ0v) is 16.3. The van der Waals surface area contributed by atoms with Crippen molar-refractivity contribution >= 4 is 11.9 Å². The summed E-state index contributed by atoms with van der Waals surface area (Å²) in [5, 5.41) is 13.5. The topological polar surface area (TPSA) is 93.9 Å². The summed E-state index contributed by atoms with van der Waals surface area (Å²) < 4.78 is 12.4. The molecule has 8 heteroatoms. The number of carboxylic acids is 1. The highest BCUT2D eigenvalue weighted by atomic mass is 16.5. The van der Waals surface area contributed by atoms with Gasteiger partial charge in [-0.15, -0.1) is 0 Å². The van der Waals surface area contributed by atoms with Gasteiger partial charge >= 0.3 is 5.97 Å². The minimum Gasteiger partial charge on any atom is -0.493 e. The SMILES string of the molecule is COc1cc2c(cc1OC)C(CC(=O)O)N(C(=O)CCc1cnn(C)c1)CC2. The molecule has 150 valence electrons. The molecule has 1 aliphatic rings. The Balaban J connectivity index is 1.85. The average Bonchev–Trinajstić information content (AvgIpc) is 3.10. The van der Waals surface area contributed by atoms with Crippen molar-refractivity contribution in [2.24, 2.45) is 7.05 Å². The minimum absolute atomic E-state index is 0.0597. The van der Waals surface area contributed by atoms with E-state index >= 15 is 0 Å². The van der Waals surface area contributed by atoms with Gasteiger partial charge in [-0.1, -0.05) is 0 Å². The van der Waals surface area contributed by atoms with E-state index in [-0.39, 0.29) is 12.3 Å². The summed E-state index contributed by atoms with van der Waals surface area (Å²) in [5.41, 5.74) is 2.77. The van der Waals surface area contributed by atoms with Crippen LogP contribution in [-0.2, 0) is 29.5 Å². The zero-order chi connectivity index (χ0) is 20.3. The number of hydrogen-bond donors (Lipinski definition) is 1. The van der Waals surface area contributed by atoms with Crippen molar-refractivity contribution in [3.8, 4) is 11.5 Å². The molecular weight excluding hydrogens is 362 g/mol. The van der Waals surface area contributed by atoms with Crippen LogP contribution in [0.2, 0.25) is 0 Å². The van der Waals surface area contributed by atoms with Gasteiger partial charge < -0.3 is 19.5 Å². The number of rotatable bonds is 7. The second-order valence-electron chi connectivity index (χ2n) is 6.88. The molecule has 1 aromatic carbocycles. The second kappa shape index (κ2) is 8.33. The molecule has 1 N–H and O–H groups in total. The standard InChI is InChI=1S/C20H25N3O5/c1-22-12-13(11-21-22)4-5-19(24)23-7-6-14-8-17(27-2)18(28-3)9-15(14)16(23)10-20(25)26/h8-9,11-12,16H,4-7,10H2,1-3H3,(H,25,26). The number of aliphatic carboxylic acids is 1. The van der Waals surface area contributed by atoms with Crippen LogP contribution in [0.5, 0.6) is 11.5 Å². The van der Waals surface area contributed by atoms with Crippen molar-refractivity contribution in [3.05, 3.63) is 41.2 Å². The molecule has 0 radical (unpaired) electrons. The van der Waals surface area contributed by atoms with Gasteiger partial charge in [-0.05, 0) is 41.7 Å².